The smallest absolute Gasteiger partial charge is 0.135 e. The molecule has 0 fully saturated rings. The SMILES string of the molecule is CCC(C)(CC(C)(CC)C(C)=O)NC. The molecular weight excluding hydrogens is 174 g/mol. The van der Waals surface area contributed by atoms with Crippen LogP contribution in [0.1, 0.15) is 53.9 Å². The fourth-order valence-electron chi connectivity index (χ4n) is 1.75. The number of hydrogen-bond donors (Lipinski definition) is 1. The van der Waals surface area contributed by atoms with Crippen LogP contribution in [0.3, 0.4) is 0 Å². The molecule has 0 rings (SSSR count). The molecular formula is C12H25NO. The number of ketones is 1. The van der Waals surface area contributed by atoms with Crippen LogP contribution in [0.5, 0.6) is 0 Å². The highest BCUT2D eigenvalue weighted by atomic mass is 16.1. The third-order valence-electron chi connectivity index (χ3n) is 3.79. The van der Waals surface area contributed by atoms with Gasteiger partial charge in [-0.3, -0.25) is 4.79 Å². The third-order valence-corrected chi connectivity index (χ3v) is 3.79. The minimum absolute atomic E-state index is 0.0798. The highest BCUT2D eigenvalue weighted by molar-refractivity contribution is 5.81. The van der Waals surface area contributed by atoms with Gasteiger partial charge in [0.05, 0.1) is 0 Å². The Bertz CT molecular complexity index is 196. The highest BCUT2D eigenvalue weighted by Gasteiger charge is 2.35. The molecule has 0 aromatic carbocycles. The Morgan fingerprint density at radius 1 is 1.21 bits per heavy atom. The zero-order valence-electron chi connectivity index (χ0n) is 10.5. The first-order chi connectivity index (χ1) is 6.33. The van der Waals surface area contributed by atoms with Crippen molar-refractivity contribution in [2.24, 2.45) is 5.41 Å². The average Bonchev–Trinajstić information content (AvgIpc) is 2.17. The Balaban J connectivity index is 4.67. The van der Waals surface area contributed by atoms with Crippen LogP contribution in [0, 0.1) is 5.41 Å². The minimum Gasteiger partial charge on any atom is -0.315 e. The number of hydrogen-bond acceptors (Lipinski definition) is 2. The molecule has 0 saturated carbocycles. The summed E-state index contributed by atoms with van der Waals surface area (Å²) >= 11 is 0. The van der Waals surface area contributed by atoms with Gasteiger partial charge >= 0.3 is 0 Å². The van der Waals surface area contributed by atoms with Gasteiger partial charge in [-0.05, 0) is 40.2 Å². The van der Waals surface area contributed by atoms with Crippen molar-refractivity contribution in [1.82, 2.24) is 5.32 Å². The van der Waals surface area contributed by atoms with E-state index in [0.717, 1.165) is 19.3 Å². The number of rotatable bonds is 6. The first-order valence-electron chi connectivity index (χ1n) is 5.53. The fraction of sp³-hybridized carbons (Fsp3) is 0.917. The fourth-order valence-corrected chi connectivity index (χ4v) is 1.75. The van der Waals surface area contributed by atoms with Crippen LogP contribution in [0.25, 0.3) is 0 Å². The van der Waals surface area contributed by atoms with E-state index in [0.29, 0.717) is 5.78 Å². The molecule has 2 nitrogen and oxygen atoms in total. The summed E-state index contributed by atoms with van der Waals surface area (Å²) < 4.78 is 0. The first kappa shape index (κ1) is 13.6. The summed E-state index contributed by atoms with van der Waals surface area (Å²) in [5.74, 6) is 0.301. The second-order valence-corrected chi connectivity index (χ2v) is 4.81. The lowest BCUT2D eigenvalue weighted by molar-refractivity contribution is -0.127. The quantitative estimate of drug-likeness (QED) is 0.712. The Morgan fingerprint density at radius 2 is 1.71 bits per heavy atom. The van der Waals surface area contributed by atoms with Gasteiger partial charge in [0.1, 0.15) is 5.78 Å². The van der Waals surface area contributed by atoms with Gasteiger partial charge in [-0.2, -0.15) is 0 Å². The summed E-state index contributed by atoms with van der Waals surface area (Å²) in [4.78, 5) is 11.6. The summed E-state index contributed by atoms with van der Waals surface area (Å²) in [6.07, 6.45) is 2.88. The van der Waals surface area contributed by atoms with Gasteiger partial charge in [-0.25, -0.2) is 0 Å². The molecule has 14 heavy (non-hydrogen) atoms. The van der Waals surface area contributed by atoms with Crippen molar-refractivity contribution >= 4 is 5.78 Å². The molecule has 0 radical (unpaired) electrons. The van der Waals surface area contributed by atoms with E-state index in [-0.39, 0.29) is 11.0 Å². The third kappa shape index (κ3) is 3.09. The number of nitrogens with one attached hydrogen (secondary N) is 1. The predicted molar refractivity (Wildman–Crippen MR) is 61.5 cm³/mol. The molecule has 0 spiro atoms. The van der Waals surface area contributed by atoms with Crippen molar-refractivity contribution in [1.29, 1.82) is 0 Å². The highest BCUT2D eigenvalue weighted by Crippen LogP contribution is 2.33. The Hall–Kier alpha value is -0.370. The van der Waals surface area contributed by atoms with Gasteiger partial charge in [-0.15, -0.1) is 0 Å². The maximum absolute atomic E-state index is 11.6. The predicted octanol–water partition coefficient (Wildman–Crippen LogP) is 2.77. The molecule has 2 heteroatoms. The maximum Gasteiger partial charge on any atom is 0.135 e. The van der Waals surface area contributed by atoms with E-state index in [4.69, 9.17) is 0 Å². The van der Waals surface area contributed by atoms with Crippen molar-refractivity contribution in [2.45, 2.75) is 59.4 Å². The molecule has 0 amide bonds. The molecule has 0 aliphatic heterocycles. The van der Waals surface area contributed by atoms with Crippen LogP contribution in [0.15, 0.2) is 0 Å². The van der Waals surface area contributed by atoms with E-state index < -0.39 is 0 Å². The Morgan fingerprint density at radius 3 is 1.93 bits per heavy atom. The van der Waals surface area contributed by atoms with Gasteiger partial charge in [0, 0.05) is 11.0 Å². The largest absolute Gasteiger partial charge is 0.315 e. The van der Waals surface area contributed by atoms with E-state index in [1.54, 1.807) is 6.92 Å². The lowest BCUT2D eigenvalue weighted by Crippen LogP contribution is -2.45. The van der Waals surface area contributed by atoms with E-state index in [9.17, 15) is 4.79 Å². The second kappa shape index (κ2) is 4.92. The second-order valence-electron chi connectivity index (χ2n) is 4.81. The summed E-state index contributed by atoms with van der Waals surface area (Å²) in [5.41, 5.74) is -0.0931. The van der Waals surface area contributed by atoms with Crippen molar-refractivity contribution in [3.63, 3.8) is 0 Å². The topological polar surface area (TPSA) is 29.1 Å². The van der Waals surface area contributed by atoms with E-state index in [1.165, 1.54) is 0 Å². The lowest BCUT2D eigenvalue weighted by Gasteiger charge is -2.37. The Kier molecular flexibility index (Phi) is 4.79. The van der Waals surface area contributed by atoms with Gasteiger partial charge < -0.3 is 5.32 Å². The number of Topliss-reactive ketones (excluding diaryl/α,β-unsaturated/α-hetero) is 1. The normalized spacial score (nSPS) is 19.9. The molecule has 0 heterocycles. The average molecular weight is 199 g/mol. The molecule has 0 bridgehead atoms. The molecule has 2 unspecified atom stereocenters. The molecule has 0 aromatic rings. The number of carbonyl (C=O) groups excluding carboxylic acids is 1. The van der Waals surface area contributed by atoms with Gasteiger partial charge in [0.25, 0.3) is 0 Å². The summed E-state index contributed by atoms with van der Waals surface area (Å²) in [5, 5.41) is 3.32. The maximum atomic E-state index is 11.6. The van der Waals surface area contributed by atoms with E-state index in [1.807, 2.05) is 7.05 Å². The van der Waals surface area contributed by atoms with Crippen molar-refractivity contribution in [2.75, 3.05) is 7.05 Å². The summed E-state index contributed by atoms with van der Waals surface area (Å²) in [6, 6.07) is 0. The van der Waals surface area contributed by atoms with Crippen LogP contribution >= 0.6 is 0 Å². The molecule has 0 aromatic heterocycles. The summed E-state index contributed by atoms with van der Waals surface area (Å²) in [7, 11) is 1.97. The van der Waals surface area contributed by atoms with Gasteiger partial charge in [0.2, 0.25) is 0 Å². The standard InChI is InChI=1S/C12H25NO/c1-7-11(4,10(3)14)9-12(5,8-2)13-6/h13H,7-9H2,1-6H3. The summed E-state index contributed by atoms with van der Waals surface area (Å²) in [6.45, 7) is 10.2. The Labute approximate surface area is 88.5 Å². The monoisotopic (exact) mass is 199 g/mol. The van der Waals surface area contributed by atoms with Crippen molar-refractivity contribution in [3.8, 4) is 0 Å². The molecule has 1 N–H and O–H groups in total. The zero-order valence-corrected chi connectivity index (χ0v) is 10.5. The van der Waals surface area contributed by atoms with Gasteiger partial charge in [0.15, 0.2) is 0 Å². The number of carbonyl (C=O) groups is 1. The van der Waals surface area contributed by atoms with Crippen LogP contribution in [-0.2, 0) is 4.79 Å². The molecule has 84 valence electrons. The first-order valence-corrected chi connectivity index (χ1v) is 5.53. The zero-order chi connectivity index (χ0) is 11.4. The van der Waals surface area contributed by atoms with Crippen LogP contribution in [0.2, 0.25) is 0 Å². The van der Waals surface area contributed by atoms with E-state index >= 15 is 0 Å². The minimum atomic E-state index is -0.173. The molecule has 2 atom stereocenters. The van der Waals surface area contributed by atoms with Crippen LogP contribution < -0.4 is 5.32 Å². The van der Waals surface area contributed by atoms with Gasteiger partial charge in [-0.1, -0.05) is 20.8 Å². The van der Waals surface area contributed by atoms with Crippen LogP contribution in [-0.4, -0.2) is 18.4 Å². The molecule has 0 saturated heterocycles. The molecule has 0 aliphatic rings. The lowest BCUT2D eigenvalue weighted by atomic mass is 9.72. The van der Waals surface area contributed by atoms with Crippen molar-refractivity contribution in [3.05, 3.63) is 0 Å². The van der Waals surface area contributed by atoms with Crippen LogP contribution in [0.4, 0.5) is 0 Å². The van der Waals surface area contributed by atoms with Crippen molar-refractivity contribution < 1.29 is 4.79 Å². The molecule has 0 aliphatic carbocycles. The van der Waals surface area contributed by atoms with E-state index in [2.05, 4.69) is 33.0 Å².